The lowest BCUT2D eigenvalue weighted by Gasteiger charge is -2.33. The molecule has 27 heavy (non-hydrogen) atoms. The van der Waals surface area contributed by atoms with Crippen LogP contribution in [-0.4, -0.2) is 54.2 Å². The van der Waals surface area contributed by atoms with Crippen molar-refractivity contribution >= 4 is 29.3 Å². The van der Waals surface area contributed by atoms with Crippen molar-refractivity contribution in [2.24, 2.45) is 5.92 Å². The molecule has 5 nitrogen and oxygen atoms in total. The summed E-state index contributed by atoms with van der Waals surface area (Å²) in [6.07, 6.45) is 4.99. The fourth-order valence-electron chi connectivity index (χ4n) is 3.92. The van der Waals surface area contributed by atoms with Crippen LogP contribution in [0.1, 0.15) is 39.0 Å². The van der Waals surface area contributed by atoms with Gasteiger partial charge in [0.1, 0.15) is 0 Å². The first kappa shape index (κ1) is 18.8. The lowest BCUT2D eigenvalue weighted by Crippen LogP contribution is -2.48. The van der Waals surface area contributed by atoms with Gasteiger partial charge in [-0.15, -0.1) is 11.8 Å². The minimum absolute atomic E-state index is 0.192. The quantitative estimate of drug-likeness (QED) is 0.863. The number of amides is 2. The number of fused-ring (bicyclic) bond motifs is 1. The molecular formula is C21H29N3O2S. The van der Waals surface area contributed by atoms with Crippen molar-refractivity contribution in [3.63, 3.8) is 0 Å². The maximum absolute atomic E-state index is 13.1. The Balaban J connectivity index is 1.32. The molecule has 1 aliphatic carbocycles. The van der Waals surface area contributed by atoms with Gasteiger partial charge in [0.15, 0.2) is 0 Å². The summed E-state index contributed by atoms with van der Waals surface area (Å²) in [5, 5.41) is 3.70. The normalized spacial score (nSPS) is 24.2. The van der Waals surface area contributed by atoms with Crippen molar-refractivity contribution in [2.45, 2.75) is 55.2 Å². The molecule has 4 rings (SSSR count). The molecule has 2 amide bonds. The number of anilines is 1. The van der Waals surface area contributed by atoms with Crippen LogP contribution in [0.15, 0.2) is 29.2 Å². The summed E-state index contributed by atoms with van der Waals surface area (Å²) in [5.74, 6) is 0.697. The number of carbonyl (C=O) groups is 2. The smallest absolute Gasteiger partial charge is 0.241 e. The van der Waals surface area contributed by atoms with Crippen molar-refractivity contribution in [3.8, 4) is 0 Å². The van der Waals surface area contributed by atoms with E-state index in [1.165, 1.54) is 4.90 Å². The summed E-state index contributed by atoms with van der Waals surface area (Å²) < 4.78 is 0. The molecule has 0 bridgehead atoms. The van der Waals surface area contributed by atoms with Crippen LogP contribution in [0.2, 0.25) is 0 Å². The van der Waals surface area contributed by atoms with E-state index in [4.69, 9.17) is 0 Å². The molecule has 2 heterocycles. The second-order valence-corrected chi connectivity index (χ2v) is 9.54. The Kier molecular flexibility index (Phi) is 5.74. The second-order valence-electron chi connectivity index (χ2n) is 8.06. The number of benzene rings is 1. The number of para-hydroxylation sites is 1. The first-order chi connectivity index (χ1) is 13.1. The van der Waals surface area contributed by atoms with Gasteiger partial charge in [0.25, 0.3) is 0 Å². The number of rotatable bonds is 4. The molecule has 1 unspecified atom stereocenters. The molecule has 2 aliphatic heterocycles. The van der Waals surface area contributed by atoms with Gasteiger partial charge < -0.3 is 10.2 Å². The molecule has 1 aromatic carbocycles. The Morgan fingerprint density at radius 1 is 1.07 bits per heavy atom. The van der Waals surface area contributed by atoms with Gasteiger partial charge in [-0.3, -0.25) is 14.5 Å². The third-order valence-electron chi connectivity index (χ3n) is 5.79. The van der Waals surface area contributed by atoms with Gasteiger partial charge in [-0.2, -0.15) is 0 Å². The van der Waals surface area contributed by atoms with Crippen LogP contribution in [0.4, 0.5) is 5.69 Å². The number of likely N-dealkylation sites (tertiary alicyclic amines) is 1. The molecule has 1 saturated heterocycles. The topological polar surface area (TPSA) is 52.7 Å². The highest BCUT2D eigenvalue weighted by Crippen LogP contribution is 2.37. The number of carbonyl (C=O) groups excluding carboxylic acids is 2. The third-order valence-corrected chi connectivity index (χ3v) is 7.02. The molecule has 2 fully saturated rings. The molecule has 1 N–H and O–H groups in total. The van der Waals surface area contributed by atoms with Gasteiger partial charge >= 0.3 is 0 Å². The lowest BCUT2D eigenvalue weighted by molar-refractivity contribution is -0.124. The predicted molar refractivity (Wildman–Crippen MR) is 109 cm³/mol. The van der Waals surface area contributed by atoms with E-state index in [9.17, 15) is 9.59 Å². The van der Waals surface area contributed by atoms with E-state index in [1.54, 1.807) is 0 Å². The highest BCUT2D eigenvalue weighted by atomic mass is 32.2. The van der Waals surface area contributed by atoms with Crippen LogP contribution >= 0.6 is 11.8 Å². The number of thioether (sulfide) groups is 1. The Morgan fingerprint density at radius 2 is 1.81 bits per heavy atom. The maximum atomic E-state index is 13.1. The van der Waals surface area contributed by atoms with E-state index < -0.39 is 0 Å². The molecule has 0 aromatic heterocycles. The van der Waals surface area contributed by atoms with E-state index in [2.05, 4.69) is 29.3 Å². The summed E-state index contributed by atoms with van der Waals surface area (Å²) in [6.45, 7) is 5.24. The summed E-state index contributed by atoms with van der Waals surface area (Å²) in [4.78, 5) is 30.4. The van der Waals surface area contributed by atoms with Crippen molar-refractivity contribution in [1.29, 1.82) is 0 Å². The third kappa shape index (κ3) is 4.66. The fraction of sp³-hybridized carbons (Fsp3) is 0.619. The average Bonchev–Trinajstić information content (AvgIpc) is 3.50. The van der Waals surface area contributed by atoms with E-state index in [1.807, 2.05) is 28.8 Å². The van der Waals surface area contributed by atoms with Gasteiger partial charge in [-0.1, -0.05) is 19.1 Å². The minimum Gasteiger partial charge on any atom is -0.353 e. The summed E-state index contributed by atoms with van der Waals surface area (Å²) in [7, 11) is 0. The average molecular weight is 388 g/mol. The summed E-state index contributed by atoms with van der Waals surface area (Å²) in [6, 6.07) is 8.53. The summed E-state index contributed by atoms with van der Waals surface area (Å²) >= 11 is 1.87. The Morgan fingerprint density at radius 3 is 2.56 bits per heavy atom. The van der Waals surface area contributed by atoms with Crippen LogP contribution in [0.3, 0.4) is 0 Å². The van der Waals surface area contributed by atoms with Gasteiger partial charge in [0, 0.05) is 41.7 Å². The molecule has 1 atom stereocenters. The van der Waals surface area contributed by atoms with Gasteiger partial charge in [0.05, 0.1) is 12.2 Å². The number of piperidine rings is 1. The zero-order chi connectivity index (χ0) is 18.8. The van der Waals surface area contributed by atoms with Crippen molar-refractivity contribution < 1.29 is 9.59 Å². The van der Waals surface area contributed by atoms with Gasteiger partial charge in [0.2, 0.25) is 11.8 Å². The zero-order valence-electron chi connectivity index (χ0n) is 16.0. The van der Waals surface area contributed by atoms with Crippen molar-refractivity contribution in [1.82, 2.24) is 10.2 Å². The standard InChI is InChI=1S/C21H29N3O2S/c1-15-8-13-24(18-4-2-3-5-19(18)27-15)20(25)14-23-11-9-17(10-12-23)22-21(26)16-6-7-16/h2-5,15-17H,6-14H2,1H3,(H,22,26). The zero-order valence-corrected chi connectivity index (χ0v) is 16.8. The minimum atomic E-state index is 0.192. The summed E-state index contributed by atoms with van der Waals surface area (Å²) in [5.41, 5.74) is 1.06. The van der Waals surface area contributed by atoms with Gasteiger partial charge in [-0.25, -0.2) is 0 Å². The van der Waals surface area contributed by atoms with Crippen LogP contribution in [0, 0.1) is 5.92 Å². The first-order valence-corrected chi connectivity index (χ1v) is 11.1. The number of nitrogens with one attached hydrogen (secondary N) is 1. The maximum Gasteiger partial charge on any atom is 0.241 e. The van der Waals surface area contributed by atoms with Crippen LogP contribution in [0.25, 0.3) is 0 Å². The molecule has 0 spiro atoms. The molecule has 1 aromatic rings. The highest BCUT2D eigenvalue weighted by Gasteiger charge is 2.32. The predicted octanol–water partition coefficient (Wildman–Crippen LogP) is 2.89. The molecule has 0 radical (unpaired) electrons. The van der Waals surface area contributed by atoms with Crippen molar-refractivity contribution in [3.05, 3.63) is 24.3 Å². The van der Waals surface area contributed by atoms with E-state index in [0.29, 0.717) is 11.8 Å². The largest absolute Gasteiger partial charge is 0.353 e. The van der Waals surface area contributed by atoms with Crippen molar-refractivity contribution in [2.75, 3.05) is 31.1 Å². The fourth-order valence-corrected chi connectivity index (χ4v) is 5.04. The van der Waals surface area contributed by atoms with Crippen LogP contribution in [-0.2, 0) is 9.59 Å². The number of hydrogen-bond acceptors (Lipinski definition) is 4. The molecule has 6 heteroatoms. The number of hydrogen-bond donors (Lipinski definition) is 1. The SMILES string of the molecule is CC1CCN(C(=O)CN2CCC(NC(=O)C3CC3)CC2)c2ccccc2S1. The first-order valence-electron chi connectivity index (χ1n) is 10.2. The monoisotopic (exact) mass is 387 g/mol. The number of nitrogens with zero attached hydrogens (tertiary/aromatic N) is 2. The molecule has 146 valence electrons. The van der Waals surface area contributed by atoms with E-state index in [0.717, 1.165) is 57.4 Å². The van der Waals surface area contributed by atoms with Crippen LogP contribution in [0.5, 0.6) is 0 Å². The second kappa shape index (κ2) is 8.23. The van der Waals surface area contributed by atoms with E-state index in [-0.39, 0.29) is 23.8 Å². The Bertz CT molecular complexity index is 698. The Hall–Kier alpha value is -1.53. The molecular weight excluding hydrogens is 358 g/mol. The molecule has 1 saturated carbocycles. The Labute approximate surface area is 165 Å². The lowest BCUT2D eigenvalue weighted by atomic mass is 10.0. The van der Waals surface area contributed by atoms with Gasteiger partial charge in [-0.05, 0) is 44.2 Å². The molecule has 3 aliphatic rings. The highest BCUT2D eigenvalue weighted by molar-refractivity contribution is 8.00. The van der Waals surface area contributed by atoms with E-state index >= 15 is 0 Å². The van der Waals surface area contributed by atoms with Crippen LogP contribution < -0.4 is 10.2 Å².